The van der Waals surface area contributed by atoms with Crippen molar-refractivity contribution in [2.24, 2.45) is 0 Å². The van der Waals surface area contributed by atoms with Crippen LogP contribution < -0.4 is 5.32 Å². The minimum Gasteiger partial charge on any atom is -0.387 e. The van der Waals surface area contributed by atoms with Gasteiger partial charge < -0.3 is 10.4 Å². The van der Waals surface area contributed by atoms with Gasteiger partial charge in [-0.1, -0.05) is 18.2 Å². The molecule has 1 aliphatic rings. The maximum atomic E-state index is 10.1. The highest BCUT2D eigenvalue weighted by Gasteiger charge is 2.34. The molecule has 0 unspecified atom stereocenters. The highest BCUT2D eigenvalue weighted by atomic mass is 16.3. The van der Waals surface area contributed by atoms with Gasteiger partial charge in [-0.15, -0.1) is 0 Å². The third-order valence-corrected chi connectivity index (χ3v) is 2.99. The first-order valence-electron chi connectivity index (χ1n) is 5.11. The molecule has 15 heavy (non-hydrogen) atoms. The number of aromatic amines is 1. The van der Waals surface area contributed by atoms with Gasteiger partial charge in [0, 0.05) is 24.9 Å². The Hall–Kier alpha value is -1.39. The molecule has 0 spiro atoms. The molecule has 3 N–H and O–H groups in total. The molecule has 2 heterocycles. The Balaban J connectivity index is 1.99. The zero-order valence-corrected chi connectivity index (χ0v) is 8.33. The van der Waals surface area contributed by atoms with E-state index >= 15 is 0 Å². The van der Waals surface area contributed by atoms with E-state index in [2.05, 4.69) is 15.5 Å². The summed E-state index contributed by atoms with van der Waals surface area (Å²) in [6, 6.07) is 6.06. The number of β-amino-alcohol motifs (C(OH)–C–C–N with tert-alkyl or cyclic N) is 1. The Morgan fingerprint density at radius 2 is 2.27 bits per heavy atom. The second-order valence-corrected chi connectivity index (χ2v) is 4.26. The van der Waals surface area contributed by atoms with E-state index in [1.54, 1.807) is 0 Å². The normalized spacial score (nSPS) is 19.0. The summed E-state index contributed by atoms with van der Waals surface area (Å²) in [5.74, 6) is 0. The number of fused-ring (bicyclic) bond motifs is 1. The Bertz CT molecular complexity index is 487. The number of aromatic nitrogens is 2. The van der Waals surface area contributed by atoms with Gasteiger partial charge in [0.25, 0.3) is 0 Å². The smallest absolute Gasteiger partial charge is 0.0935 e. The molecule has 78 valence electrons. The van der Waals surface area contributed by atoms with Crippen molar-refractivity contribution in [1.82, 2.24) is 15.5 Å². The van der Waals surface area contributed by atoms with E-state index in [1.807, 2.05) is 24.4 Å². The monoisotopic (exact) mass is 203 g/mol. The van der Waals surface area contributed by atoms with Crippen LogP contribution in [0.2, 0.25) is 0 Å². The number of rotatable bonds is 2. The third kappa shape index (κ3) is 1.42. The molecule has 0 saturated carbocycles. The van der Waals surface area contributed by atoms with E-state index in [4.69, 9.17) is 0 Å². The average Bonchev–Trinajstić information content (AvgIpc) is 2.64. The molecule has 1 aromatic carbocycles. The summed E-state index contributed by atoms with van der Waals surface area (Å²) in [6.07, 6.45) is 2.49. The largest absolute Gasteiger partial charge is 0.387 e. The molecule has 1 fully saturated rings. The quantitative estimate of drug-likeness (QED) is 0.663. The summed E-state index contributed by atoms with van der Waals surface area (Å²) < 4.78 is 0. The molecule has 0 radical (unpaired) electrons. The topological polar surface area (TPSA) is 60.9 Å². The lowest BCUT2D eigenvalue weighted by Crippen LogP contribution is -2.60. The Morgan fingerprint density at radius 1 is 1.40 bits per heavy atom. The van der Waals surface area contributed by atoms with Crippen molar-refractivity contribution in [3.8, 4) is 0 Å². The highest BCUT2D eigenvalue weighted by Crippen LogP contribution is 2.22. The highest BCUT2D eigenvalue weighted by molar-refractivity contribution is 5.81. The van der Waals surface area contributed by atoms with Gasteiger partial charge in [0.2, 0.25) is 0 Å². The zero-order valence-electron chi connectivity index (χ0n) is 8.33. The van der Waals surface area contributed by atoms with Crippen molar-refractivity contribution < 1.29 is 5.11 Å². The molecule has 0 amide bonds. The third-order valence-electron chi connectivity index (χ3n) is 2.99. The SMILES string of the molecule is OC1(Cc2cccc3cn[nH]c23)CNC1. The van der Waals surface area contributed by atoms with Crippen molar-refractivity contribution in [3.05, 3.63) is 30.0 Å². The first kappa shape index (κ1) is 8.88. The van der Waals surface area contributed by atoms with Gasteiger partial charge in [0.05, 0.1) is 17.3 Å². The fourth-order valence-corrected chi connectivity index (χ4v) is 2.07. The van der Waals surface area contributed by atoms with Gasteiger partial charge >= 0.3 is 0 Å². The number of hydrogen-bond acceptors (Lipinski definition) is 3. The van der Waals surface area contributed by atoms with Gasteiger partial charge in [-0.3, -0.25) is 5.10 Å². The number of nitrogens with zero attached hydrogens (tertiary/aromatic N) is 1. The summed E-state index contributed by atoms with van der Waals surface area (Å²) in [7, 11) is 0. The first-order chi connectivity index (χ1) is 7.27. The van der Waals surface area contributed by atoms with Crippen LogP contribution in [0.4, 0.5) is 0 Å². The first-order valence-corrected chi connectivity index (χ1v) is 5.11. The molecule has 3 rings (SSSR count). The van der Waals surface area contributed by atoms with E-state index in [1.165, 1.54) is 0 Å². The fraction of sp³-hybridized carbons (Fsp3) is 0.364. The molecule has 1 aliphatic heterocycles. The van der Waals surface area contributed by atoms with Crippen LogP contribution in [0, 0.1) is 0 Å². The van der Waals surface area contributed by atoms with Crippen LogP contribution in [-0.4, -0.2) is 34.0 Å². The van der Waals surface area contributed by atoms with E-state index in [-0.39, 0.29) is 0 Å². The summed E-state index contributed by atoms with van der Waals surface area (Å²) in [6.45, 7) is 1.36. The lowest BCUT2D eigenvalue weighted by Gasteiger charge is -2.37. The van der Waals surface area contributed by atoms with E-state index in [0.717, 1.165) is 16.5 Å². The second-order valence-electron chi connectivity index (χ2n) is 4.26. The number of benzene rings is 1. The molecule has 4 nitrogen and oxygen atoms in total. The lowest BCUT2D eigenvalue weighted by atomic mass is 9.88. The second kappa shape index (κ2) is 3.05. The number of hydrogen-bond donors (Lipinski definition) is 3. The van der Waals surface area contributed by atoms with Crippen molar-refractivity contribution >= 4 is 10.9 Å². The van der Waals surface area contributed by atoms with Gasteiger partial charge in [0.15, 0.2) is 0 Å². The number of H-pyrrole nitrogens is 1. The predicted octanol–water partition coefficient (Wildman–Crippen LogP) is 0.440. The fourth-order valence-electron chi connectivity index (χ4n) is 2.07. The van der Waals surface area contributed by atoms with Crippen LogP contribution in [0.1, 0.15) is 5.56 Å². The summed E-state index contributed by atoms with van der Waals surface area (Å²) in [5.41, 5.74) is 1.60. The molecular formula is C11H13N3O. The van der Waals surface area contributed by atoms with Crippen molar-refractivity contribution in [1.29, 1.82) is 0 Å². The van der Waals surface area contributed by atoms with Crippen LogP contribution >= 0.6 is 0 Å². The molecular weight excluding hydrogens is 190 g/mol. The minimum absolute atomic E-state index is 0.570. The summed E-state index contributed by atoms with van der Waals surface area (Å²) >= 11 is 0. The van der Waals surface area contributed by atoms with Gasteiger partial charge in [-0.05, 0) is 5.56 Å². The molecule has 1 saturated heterocycles. The Morgan fingerprint density at radius 3 is 3.00 bits per heavy atom. The van der Waals surface area contributed by atoms with Crippen LogP contribution in [0.5, 0.6) is 0 Å². The van der Waals surface area contributed by atoms with E-state index in [0.29, 0.717) is 19.5 Å². The Labute approximate surface area is 87.3 Å². The van der Waals surface area contributed by atoms with Crippen molar-refractivity contribution in [2.45, 2.75) is 12.0 Å². The van der Waals surface area contributed by atoms with Crippen molar-refractivity contribution in [3.63, 3.8) is 0 Å². The molecule has 1 aromatic heterocycles. The standard InChI is InChI=1S/C11H13N3O/c15-11(6-12-7-11)4-8-2-1-3-9-5-13-14-10(8)9/h1-3,5,12,15H,4,6-7H2,(H,13,14). The molecule has 4 heteroatoms. The van der Waals surface area contributed by atoms with Crippen LogP contribution in [0.15, 0.2) is 24.4 Å². The predicted molar refractivity (Wildman–Crippen MR) is 57.6 cm³/mol. The van der Waals surface area contributed by atoms with Gasteiger partial charge in [-0.2, -0.15) is 5.10 Å². The van der Waals surface area contributed by atoms with Crippen LogP contribution in [0.25, 0.3) is 10.9 Å². The molecule has 0 bridgehead atoms. The van der Waals surface area contributed by atoms with Crippen LogP contribution in [-0.2, 0) is 6.42 Å². The summed E-state index contributed by atoms with van der Waals surface area (Å²) in [5, 5.41) is 21.2. The van der Waals surface area contributed by atoms with Gasteiger partial charge in [-0.25, -0.2) is 0 Å². The Kier molecular flexibility index (Phi) is 1.81. The maximum absolute atomic E-state index is 10.1. The lowest BCUT2D eigenvalue weighted by molar-refractivity contribution is -0.00878. The number of para-hydroxylation sites is 1. The van der Waals surface area contributed by atoms with Gasteiger partial charge in [0.1, 0.15) is 0 Å². The minimum atomic E-state index is -0.570. The number of aliphatic hydroxyl groups is 1. The summed E-state index contributed by atoms with van der Waals surface area (Å²) in [4.78, 5) is 0. The molecule has 0 atom stereocenters. The van der Waals surface area contributed by atoms with Crippen LogP contribution in [0.3, 0.4) is 0 Å². The van der Waals surface area contributed by atoms with Crippen molar-refractivity contribution in [2.75, 3.05) is 13.1 Å². The van der Waals surface area contributed by atoms with E-state index in [9.17, 15) is 5.11 Å². The molecule has 2 aromatic rings. The number of nitrogens with one attached hydrogen (secondary N) is 2. The molecule has 0 aliphatic carbocycles. The maximum Gasteiger partial charge on any atom is 0.0935 e. The zero-order chi connectivity index (χ0) is 10.3. The average molecular weight is 203 g/mol. The van der Waals surface area contributed by atoms with E-state index < -0.39 is 5.60 Å².